The summed E-state index contributed by atoms with van der Waals surface area (Å²) < 4.78 is 41.2. The molecule has 5 aromatic rings. The number of fused-ring (bicyclic) bond motifs is 1. The van der Waals surface area contributed by atoms with Crippen LogP contribution >= 0.6 is 0 Å². The predicted octanol–water partition coefficient (Wildman–Crippen LogP) is 6.00. The van der Waals surface area contributed by atoms with E-state index in [1.165, 1.54) is 0 Å². The monoisotopic (exact) mass is 580 g/mol. The van der Waals surface area contributed by atoms with E-state index < -0.39 is 21.2 Å². The minimum atomic E-state index is -3.62. The third-order valence-corrected chi connectivity index (χ3v) is 9.11. The lowest BCUT2D eigenvalue weighted by atomic mass is 10.1. The van der Waals surface area contributed by atoms with Gasteiger partial charge in [-0.25, -0.2) is 8.42 Å². The summed E-state index contributed by atoms with van der Waals surface area (Å²) in [5, 5.41) is 0.383. The van der Waals surface area contributed by atoms with Gasteiger partial charge in [-0.2, -0.15) is 0 Å². The number of hydrogen-bond acceptors (Lipinski definition) is 5. The third-order valence-electron chi connectivity index (χ3n) is 7.25. The van der Waals surface area contributed by atoms with Crippen molar-refractivity contribution < 1.29 is 22.7 Å². The van der Waals surface area contributed by atoms with Gasteiger partial charge in [0.25, 0.3) is 0 Å². The minimum absolute atomic E-state index is 0.0577. The predicted molar refractivity (Wildman–Crippen MR) is 163 cm³/mol. The van der Waals surface area contributed by atoms with Gasteiger partial charge in [0.2, 0.25) is 15.9 Å². The van der Waals surface area contributed by atoms with E-state index in [9.17, 15) is 13.2 Å². The number of sulfonamides is 1. The molecule has 0 bridgehead atoms. The van der Waals surface area contributed by atoms with Gasteiger partial charge in [-0.15, -0.1) is 0 Å². The van der Waals surface area contributed by atoms with Gasteiger partial charge in [-0.3, -0.25) is 9.52 Å². The minimum Gasteiger partial charge on any atom is -0.489 e. The number of carbonyl (C=O) groups is 1. The Kier molecular flexibility index (Phi) is 7.97. The Morgan fingerprint density at radius 3 is 2.02 bits per heavy atom. The summed E-state index contributed by atoms with van der Waals surface area (Å²) in [5.41, 5.74) is 4.83. The molecule has 1 heterocycles. The van der Waals surface area contributed by atoms with Gasteiger partial charge in [0.1, 0.15) is 24.7 Å². The van der Waals surface area contributed by atoms with E-state index in [-0.39, 0.29) is 6.42 Å². The molecule has 0 unspecified atom stereocenters. The van der Waals surface area contributed by atoms with E-state index >= 15 is 0 Å². The van der Waals surface area contributed by atoms with E-state index in [1.807, 2.05) is 109 Å². The first kappa shape index (κ1) is 27.6. The molecule has 0 radical (unpaired) electrons. The van der Waals surface area contributed by atoms with Crippen LogP contribution in [0.15, 0.2) is 109 Å². The molecule has 0 atom stereocenters. The van der Waals surface area contributed by atoms with Crippen LogP contribution in [0.5, 0.6) is 11.5 Å². The van der Waals surface area contributed by atoms with Crippen molar-refractivity contribution >= 4 is 26.8 Å². The molecule has 0 spiro atoms. The largest absolute Gasteiger partial charge is 0.489 e. The van der Waals surface area contributed by atoms with Crippen molar-refractivity contribution in [2.75, 3.05) is 0 Å². The zero-order chi connectivity index (χ0) is 28.9. The Morgan fingerprint density at radius 2 is 1.38 bits per heavy atom. The standard InChI is InChI=1S/C34H32N2O5S/c37-34(35-42(38,39)31-15-16-31)19-28-22-36(21-27-12-7-13-29(18-27)40-23-25-8-3-1-4-9-25)33-17-14-30(20-32(28)33)41-24-26-10-5-2-6-11-26/h1-14,17-18,20,22,31H,15-16,19,21,23-24H2,(H,35,37). The van der Waals surface area contributed by atoms with Crippen LogP contribution in [0, 0.1) is 0 Å². The molecule has 1 saturated carbocycles. The van der Waals surface area contributed by atoms with E-state index in [4.69, 9.17) is 9.47 Å². The summed E-state index contributed by atoms with van der Waals surface area (Å²) in [6.07, 6.45) is 3.06. The Balaban J connectivity index is 1.24. The van der Waals surface area contributed by atoms with E-state index in [2.05, 4.69) is 9.29 Å². The van der Waals surface area contributed by atoms with Crippen molar-refractivity contribution in [3.05, 3.63) is 132 Å². The lowest BCUT2D eigenvalue weighted by molar-refractivity contribution is -0.118. The molecule has 0 aliphatic heterocycles. The van der Waals surface area contributed by atoms with Gasteiger partial charge < -0.3 is 14.0 Å². The van der Waals surface area contributed by atoms with Gasteiger partial charge in [0.05, 0.1) is 11.7 Å². The van der Waals surface area contributed by atoms with Crippen molar-refractivity contribution in [1.82, 2.24) is 9.29 Å². The fourth-order valence-corrected chi connectivity index (χ4v) is 6.27. The molecule has 8 heteroatoms. The Hall–Kier alpha value is -4.56. The number of ether oxygens (including phenoxy) is 2. The highest BCUT2D eigenvalue weighted by Crippen LogP contribution is 2.30. The van der Waals surface area contributed by atoms with Crippen molar-refractivity contribution in [3.63, 3.8) is 0 Å². The van der Waals surface area contributed by atoms with Crippen molar-refractivity contribution in [2.45, 2.75) is 44.3 Å². The molecule has 1 N–H and O–H groups in total. The van der Waals surface area contributed by atoms with Crippen LogP contribution < -0.4 is 14.2 Å². The maximum Gasteiger partial charge on any atom is 0.237 e. The number of nitrogens with one attached hydrogen (secondary N) is 1. The lowest BCUT2D eigenvalue weighted by Gasteiger charge is -2.10. The third kappa shape index (κ3) is 6.83. The fourth-order valence-electron chi connectivity index (χ4n) is 4.95. The summed E-state index contributed by atoms with van der Waals surface area (Å²) in [7, 11) is -3.62. The number of carbonyl (C=O) groups excluding carboxylic acids is 1. The summed E-state index contributed by atoms with van der Waals surface area (Å²) in [4.78, 5) is 12.9. The van der Waals surface area contributed by atoms with Crippen molar-refractivity contribution in [1.29, 1.82) is 0 Å². The van der Waals surface area contributed by atoms with Crippen molar-refractivity contribution in [3.8, 4) is 11.5 Å². The normalized spacial score (nSPS) is 13.1. The number of hydrogen-bond donors (Lipinski definition) is 1. The molecule has 6 rings (SSSR count). The van der Waals surface area contributed by atoms with E-state index in [0.717, 1.165) is 38.9 Å². The van der Waals surface area contributed by atoms with Crippen molar-refractivity contribution in [2.24, 2.45) is 0 Å². The Labute approximate surface area is 245 Å². The zero-order valence-corrected chi connectivity index (χ0v) is 23.9. The summed E-state index contributed by atoms with van der Waals surface area (Å²) in [6, 6.07) is 33.7. The number of amides is 1. The van der Waals surface area contributed by atoms with Crippen LogP contribution in [-0.2, 0) is 41.0 Å². The second-order valence-corrected chi connectivity index (χ2v) is 12.6. The first-order valence-corrected chi connectivity index (χ1v) is 15.6. The van der Waals surface area contributed by atoms with Gasteiger partial charge in [0, 0.05) is 23.6 Å². The molecule has 1 amide bonds. The molecule has 1 fully saturated rings. The number of rotatable bonds is 12. The molecule has 1 aliphatic rings. The Morgan fingerprint density at radius 1 is 0.762 bits per heavy atom. The zero-order valence-electron chi connectivity index (χ0n) is 23.1. The molecule has 1 aromatic heterocycles. The maximum absolute atomic E-state index is 12.9. The second-order valence-electron chi connectivity index (χ2n) is 10.6. The van der Waals surface area contributed by atoms with Crippen LogP contribution in [0.1, 0.15) is 35.1 Å². The highest BCUT2D eigenvalue weighted by Gasteiger charge is 2.36. The maximum atomic E-state index is 12.9. The molecule has 7 nitrogen and oxygen atoms in total. The molecule has 42 heavy (non-hydrogen) atoms. The first-order chi connectivity index (χ1) is 20.4. The van der Waals surface area contributed by atoms with Gasteiger partial charge in [0.15, 0.2) is 0 Å². The SMILES string of the molecule is O=C(Cc1cn(Cc2cccc(OCc3ccccc3)c2)c2ccc(OCc3ccccc3)cc12)NS(=O)(=O)C1CC1. The van der Waals surface area contributed by atoms with Gasteiger partial charge >= 0.3 is 0 Å². The number of nitrogens with zero attached hydrogens (tertiary/aromatic N) is 1. The summed E-state index contributed by atoms with van der Waals surface area (Å²) in [6.45, 7) is 1.44. The van der Waals surface area contributed by atoms with Crippen LogP contribution in [0.2, 0.25) is 0 Å². The van der Waals surface area contributed by atoms with Crippen LogP contribution in [0.3, 0.4) is 0 Å². The smallest absolute Gasteiger partial charge is 0.237 e. The van der Waals surface area contributed by atoms with Gasteiger partial charge in [-0.05, 0) is 65.4 Å². The Bertz CT molecular complexity index is 1800. The molecule has 214 valence electrons. The van der Waals surface area contributed by atoms with Gasteiger partial charge in [-0.1, -0.05) is 72.8 Å². The average Bonchev–Trinajstić information content (AvgIpc) is 3.82. The molecular weight excluding hydrogens is 548 g/mol. The lowest BCUT2D eigenvalue weighted by Crippen LogP contribution is -2.34. The first-order valence-electron chi connectivity index (χ1n) is 14.0. The molecule has 1 aliphatic carbocycles. The number of benzene rings is 4. The molecule has 4 aromatic carbocycles. The summed E-state index contributed by atoms with van der Waals surface area (Å²) in [5.74, 6) is 0.912. The van der Waals surface area contributed by atoms with E-state index in [1.54, 1.807) is 0 Å². The topological polar surface area (TPSA) is 86.6 Å². The molecule has 0 saturated heterocycles. The summed E-state index contributed by atoms with van der Waals surface area (Å²) >= 11 is 0. The molecular formula is C34H32N2O5S. The average molecular weight is 581 g/mol. The van der Waals surface area contributed by atoms with Crippen LogP contribution in [0.4, 0.5) is 0 Å². The van der Waals surface area contributed by atoms with Crippen LogP contribution in [0.25, 0.3) is 10.9 Å². The van der Waals surface area contributed by atoms with Crippen LogP contribution in [-0.4, -0.2) is 24.1 Å². The fraction of sp³-hybridized carbons (Fsp3) is 0.206. The second kappa shape index (κ2) is 12.1. The van der Waals surface area contributed by atoms with E-state index in [0.29, 0.717) is 38.3 Å². The highest BCUT2D eigenvalue weighted by molar-refractivity contribution is 7.90. The quantitative estimate of drug-likeness (QED) is 0.196. The number of aromatic nitrogens is 1. The highest BCUT2D eigenvalue weighted by atomic mass is 32.2.